The van der Waals surface area contributed by atoms with E-state index < -0.39 is 5.97 Å². The Kier molecular flexibility index (Phi) is 2.32. The first-order valence-corrected chi connectivity index (χ1v) is 6.21. The highest BCUT2D eigenvalue weighted by Gasteiger charge is 2.33. The van der Waals surface area contributed by atoms with Gasteiger partial charge in [0.1, 0.15) is 0 Å². The van der Waals surface area contributed by atoms with Crippen molar-refractivity contribution in [2.45, 2.75) is 26.2 Å². The van der Waals surface area contributed by atoms with E-state index in [1.807, 2.05) is 19.1 Å². The fourth-order valence-corrected chi connectivity index (χ4v) is 3.26. The number of carboxylic acid groups (broad SMARTS) is 1. The molecular weight excluding hydrogens is 212 g/mol. The molecule has 17 heavy (non-hydrogen) atoms. The van der Waals surface area contributed by atoms with Gasteiger partial charge in [-0.05, 0) is 60.8 Å². The molecule has 0 amide bonds. The Morgan fingerprint density at radius 3 is 2.71 bits per heavy atom. The topological polar surface area (TPSA) is 37.3 Å². The zero-order valence-corrected chi connectivity index (χ0v) is 9.94. The van der Waals surface area contributed by atoms with Gasteiger partial charge in [-0.3, -0.25) is 0 Å². The molecule has 1 fully saturated rings. The van der Waals surface area contributed by atoms with Crippen molar-refractivity contribution in [2.75, 3.05) is 0 Å². The van der Waals surface area contributed by atoms with E-state index in [0.717, 1.165) is 17.4 Å². The Bertz CT molecular complexity index is 514. The number of carbonyl (C=O) groups is 1. The molecule has 2 heteroatoms. The summed E-state index contributed by atoms with van der Waals surface area (Å²) in [6.07, 6.45) is 6.33. The molecule has 1 aromatic rings. The lowest BCUT2D eigenvalue weighted by molar-refractivity contribution is 0.0696. The van der Waals surface area contributed by atoms with Crippen molar-refractivity contribution in [3.63, 3.8) is 0 Å². The number of rotatable bonds is 2. The molecule has 0 radical (unpaired) electrons. The molecule has 0 spiro atoms. The van der Waals surface area contributed by atoms with Gasteiger partial charge in [0, 0.05) is 0 Å². The standard InChI is InChI=1S/C15H16O2/c1-9-6-11(4-5-13(9)15(16)17)14-8-10-2-3-12(14)7-10/h4-6,8,10,12H,2-3,7H2,1H3,(H,16,17)/t10-,12+/m1/s1. The van der Waals surface area contributed by atoms with E-state index in [9.17, 15) is 4.79 Å². The zero-order chi connectivity index (χ0) is 12.0. The van der Waals surface area contributed by atoms with Crippen LogP contribution in [0.2, 0.25) is 0 Å². The molecule has 2 nitrogen and oxygen atoms in total. The van der Waals surface area contributed by atoms with E-state index in [1.54, 1.807) is 6.07 Å². The van der Waals surface area contributed by atoms with Gasteiger partial charge in [0.2, 0.25) is 0 Å². The van der Waals surface area contributed by atoms with E-state index in [4.69, 9.17) is 5.11 Å². The summed E-state index contributed by atoms with van der Waals surface area (Å²) in [6, 6.07) is 5.72. The molecule has 2 bridgehead atoms. The van der Waals surface area contributed by atoms with Crippen LogP contribution in [0.4, 0.5) is 0 Å². The van der Waals surface area contributed by atoms with Crippen molar-refractivity contribution in [1.29, 1.82) is 0 Å². The smallest absolute Gasteiger partial charge is 0.335 e. The lowest BCUT2D eigenvalue weighted by Crippen LogP contribution is -2.02. The first-order valence-electron chi connectivity index (χ1n) is 6.21. The van der Waals surface area contributed by atoms with Crippen LogP contribution in [0, 0.1) is 18.8 Å². The SMILES string of the molecule is Cc1cc(C2=C[C@@H]3CC[C@H]2C3)ccc1C(=O)O. The van der Waals surface area contributed by atoms with Gasteiger partial charge < -0.3 is 5.11 Å². The maximum atomic E-state index is 11.0. The molecule has 1 N–H and O–H groups in total. The summed E-state index contributed by atoms with van der Waals surface area (Å²) in [4.78, 5) is 11.0. The van der Waals surface area contributed by atoms with E-state index in [2.05, 4.69) is 6.08 Å². The van der Waals surface area contributed by atoms with Crippen molar-refractivity contribution < 1.29 is 9.90 Å². The number of aromatic carboxylic acids is 1. The minimum atomic E-state index is -0.837. The highest BCUT2D eigenvalue weighted by atomic mass is 16.4. The third-order valence-electron chi connectivity index (χ3n) is 4.12. The first kappa shape index (κ1) is 10.6. The van der Waals surface area contributed by atoms with Crippen LogP contribution >= 0.6 is 0 Å². The van der Waals surface area contributed by atoms with Crippen LogP contribution in [0.25, 0.3) is 5.57 Å². The van der Waals surface area contributed by atoms with Gasteiger partial charge >= 0.3 is 5.97 Å². The van der Waals surface area contributed by atoms with Crippen LogP contribution in [0.15, 0.2) is 24.3 Å². The van der Waals surface area contributed by atoms with Crippen LogP contribution < -0.4 is 0 Å². The van der Waals surface area contributed by atoms with Crippen LogP contribution in [0.1, 0.15) is 40.7 Å². The Balaban J connectivity index is 1.98. The molecule has 2 aliphatic carbocycles. The maximum absolute atomic E-state index is 11.0. The Morgan fingerprint density at radius 2 is 2.18 bits per heavy atom. The Labute approximate surface area is 101 Å². The van der Waals surface area contributed by atoms with Crippen LogP contribution in [0.5, 0.6) is 0 Å². The second-order valence-corrected chi connectivity index (χ2v) is 5.23. The van der Waals surface area contributed by atoms with Crippen molar-refractivity contribution in [1.82, 2.24) is 0 Å². The number of carboxylic acids is 1. The fraction of sp³-hybridized carbons (Fsp3) is 0.400. The predicted octanol–water partition coefficient (Wildman–Crippen LogP) is 3.51. The summed E-state index contributed by atoms with van der Waals surface area (Å²) in [7, 11) is 0. The molecule has 2 aliphatic rings. The molecule has 0 unspecified atom stereocenters. The molecule has 1 saturated carbocycles. The molecule has 2 atom stereocenters. The summed E-state index contributed by atoms with van der Waals surface area (Å²) in [5.41, 5.74) is 3.94. The van der Waals surface area contributed by atoms with Crippen molar-refractivity contribution in [2.24, 2.45) is 11.8 Å². The number of aryl methyl sites for hydroxylation is 1. The van der Waals surface area contributed by atoms with Gasteiger partial charge in [0.25, 0.3) is 0 Å². The van der Waals surface area contributed by atoms with Crippen LogP contribution in [0.3, 0.4) is 0 Å². The molecule has 0 aliphatic heterocycles. The van der Waals surface area contributed by atoms with Crippen molar-refractivity contribution >= 4 is 11.5 Å². The minimum Gasteiger partial charge on any atom is -0.478 e. The van der Waals surface area contributed by atoms with Crippen molar-refractivity contribution in [3.8, 4) is 0 Å². The summed E-state index contributed by atoms with van der Waals surface area (Å²) < 4.78 is 0. The monoisotopic (exact) mass is 228 g/mol. The molecular formula is C15H16O2. The van der Waals surface area contributed by atoms with E-state index in [1.165, 1.54) is 30.4 Å². The summed E-state index contributed by atoms with van der Waals surface area (Å²) in [5.74, 6) is 0.653. The highest BCUT2D eigenvalue weighted by Crippen LogP contribution is 2.47. The predicted molar refractivity (Wildman–Crippen MR) is 66.9 cm³/mol. The molecule has 0 aromatic heterocycles. The number of hydrogen-bond acceptors (Lipinski definition) is 1. The van der Waals surface area contributed by atoms with Crippen LogP contribution in [-0.2, 0) is 0 Å². The Morgan fingerprint density at radius 1 is 1.35 bits per heavy atom. The number of allylic oxidation sites excluding steroid dienone is 2. The largest absolute Gasteiger partial charge is 0.478 e. The molecule has 88 valence electrons. The fourth-order valence-electron chi connectivity index (χ4n) is 3.26. The normalized spacial score (nSPS) is 26.1. The van der Waals surface area contributed by atoms with Crippen molar-refractivity contribution in [3.05, 3.63) is 41.0 Å². The third-order valence-corrected chi connectivity index (χ3v) is 4.12. The average Bonchev–Trinajstić information content (AvgIpc) is 2.89. The summed E-state index contributed by atoms with van der Waals surface area (Å²) in [6.45, 7) is 1.88. The lowest BCUT2D eigenvalue weighted by Gasteiger charge is -2.14. The van der Waals surface area contributed by atoms with Crippen LogP contribution in [-0.4, -0.2) is 11.1 Å². The number of benzene rings is 1. The van der Waals surface area contributed by atoms with E-state index >= 15 is 0 Å². The third kappa shape index (κ3) is 1.68. The second-order valence-electron chi connectivity index (χ2n) is 5.23. The Hall–Kier alpha value is -1.57. The van der Waals surface area contributed by atoms with Gasteiger partial charge in [0.15, 0.2) is 0 Å². The molecule has 0 saturated heterocycles. The highest BCUT2D eigenvalue weighted by molar-refractivity contribution is 5.90. The molecule has 0 heterocycles. The summed E-state index contributed by atoms with van der Waals surface area (Å²) >= 11 is 0. The van der Waals surface area contributed by atoms with E-state index in [-0.39, 0.29) is 0 Å². The number of hydrogen-bond donors (Lipinski definition) is 1. The van der Waals surface area contributed by atoms with Gasteiger partial charge in [-0.2, -0.15) is 0 Å². The first-order chi connectivity index (χ1) is 8.15. The number of fused-ring (bicyclic) bond motifs is 2. The lowest BCUT2D eigenvalue weighted by atomic mass is 9.90. The molecule has 1 aromatic carbocycles. The second kappa shape index (κ2) is 3.73. The molecule has 3 rings (SSSR count). The van der Waals surface area contributed by atoms with Gasteiger partial charge in [0.05, 0.1) is 5.56 Å². The summed E-state index contributed by atoms with van der Waals surface area (Å²) in [5, 5.41) is 9.01. The van der Waals surface area contributed by atoms with Gasteiger partial charge in [-0.25, -0.2) is 4.79 Å². The van der Waals surface area contributed by atoms with Gasteiger partial charge in [-0.15, -0.1) is 0 Å². The average molecular weight is 228 g/mol. The maximum Gasteiger partial charge on any atom is 0.335 e. The van der Waals surface area contributed by atoms with E-state index in [0.29, 0.717) is 5.56 Å². The van der Waals surface area contributed by atoms with Gasteiger partial charge in [-0.1, -0.05) is 18.2 Å². The quantitative estimate of drug-likeness (QED) is 0.841. The zero-order valence-electron chi connectivity index (χ0n) is 9.94. The minimum absolute atomic E-state index is 0.414.